The van der Waals surface area contributed by atoms with Crippen LogP contribution in [0.3, 0.4) is 0 Å². The third kappa shape index (κ3) is 4.73. The predicted molar refractivity (Wildman–Crippen MR) is 70.2 cm³/mol. The van der Waals surface area contributed by atoms with Gasteiger partial charge < -0.3 is 15.7 Å². The Bertz CT molecular complexity index is 449. The lowest BCUT2D eigenvalue weighted by atomic mass is 10.2. The first-order valence-electron chi connectivity index (χ1n) is 5.51. The molecule has 0 unspecified atom stereocenters. The summed E-state index contributed by atoms with van der Waals surface area (Å²) in [6.45, 7) is 0.753. The predicted octanol–water partition coefficient (Wildman–Crippen LogP) is 1.98. The minimum Gasteiger partial charge on any atom is -0.478 e. The van der Waals surface area contributed by atoms with E-state index in [0.717, 1.165) is 6.54 Å². The summed E-state index contributed by atoms with van der Waals surface area (Å²) in [5.74, 6) is -1.24. The lowest BCUT2D eigenvalue weighted by molar-refractivity contribution is -0.116. The Morgan fingerprint density at radius 3 is 2.67 bits per heavy atom. The van der Waals surface area contributed by atoms with Gasteiger partial charge in [-0.2, -0.15) is 0 Å². The highest BCUT2D eigenvalue weighted by Crippen LogP contribution is 2.19. The number of aromatic carboxylic acids is 1. The largest absolute Gasteiger partial charge is 0.478 e. The molecule has 0 spiro atoms. The van der Waals surface area contributed by atoms with Crippen LogP contribution in [-0.2, 0) is 4.79 Å². The zero-order chi connectivity index (χ0) is 13.5. The van der Waals surface area contributed by atoms with E-state index >= 15 is 0 Å². The molecule has 5 nitrogen and oxygen atoms in total. The number of benzene rings is 1. The van der Waals surface area contributed by atoms with Crippen LogP contribution in [0.2, 0.25) is 5.02 Å². The van der Waals surface area contributed by atoms with E-state index in [-0.39, 0.29) is 16.5 Å². The van der Waals surface area contributed by atoms with E-state index in [4.69, 9.17) is 16.7 Å². The summed E-state index contributed by atoms with van der Waals surface area (Å²) >= 11 is 5.78. The fourth-order valence-electron chi connectivity index (χ4n) is 1.43. The number of amides is 1. The summed E-state index contributed by atoms with van der Waals surface area (Å²) < 4.78 is 0. The average molecular weight is 271 g/mol. The minimum atomic E-state index is -1.08. The summed E-state index contributed by atoms with van der Waals surface area (Å²) in [6, 6.07) is 4.23. The van der Waals surface area contributed by atoms with Crippen molar-refractivity contribution in [2.75, 3.05) is 18.9 Å². The SMILES string of the molecule is CNCCCC(=O)Nc1cc(Cl)cc(C(=O)O)c1. The molecule has 0 fully saturated rings. The van der Waals surface area contributed by atoms with Crippen LogP contribution in [0.1, 0.15) is 23.2 Å². The molecule has 0 aliphatic heterocycles. The molecule has 0 aliphatic rings. The van der Waals surface area contributed by atoms with Gasteiger partial charge in [0.25, 0.3) is 0 Å². The molecule has 1 amide bonds. The topological polar surface area (TPSA) is 78.4 Å². The quantitative estimate of drug-likeness (QED) is 0.691. The number of anilines is 1. The van der Waals surface area contributed by atoms with Gasteiger partial charge in [0, 0.05) is 17.1 Å². The van der Waals surface area contributed by atoms with Crippen molar-refractivity contribution in [3.05, 3.63) is 28.8 Å². The van der Waals surface area contributed by atoms with Gasteiger partial charge >= 0.3 is 5.97 Å². The first-order valence-corrected chi connectivity index (χ1v) is 5.89. The van der Waals surface area contributed by atoms with Crippen molar-refractivity contribution in [2.45, 2.75) is 12.8 Å². The maximum Gasteiger partial charge on any atom is 0.335 e. The van der Waals surface area contributed by atoms with Gasteiger partial charge in [-0.25, -0.2) is 4.79 Å². The molecule has 0 heterocycles. The molecule has 0 saturated carbocycles. The number of carboxylic acids is 1. The molecule has 0 saturated heterocycles. The van der Waals surface area contributed by atoms with Gasteiger partial charge in [0.2, 0.25) is 5.91 Å². The van der Waals surface area contributed by atoms with Crippen LogP contribution in [0, 0.1) is 0 Å². The Morgan fingerprint density at radius 2 is 2.06 bits per heavy atom. The minimum absolute atomic E-state index is 0.0491. The van der Waals surface area contributed by atoms with Crippen LogP contribution >= 0.6 is 11.6 Å². The van der Waals surface area contributed by atoms with E-state index in [0.29, 0.717) is 18.5 Å². The van der Waals surface area contributed by atoms with Crippen LogP contribution in [0.5, 0.6) is 0 Å². The average Bonchev–Trinajstić information content (AvgIpc) is 2.28. The molecule has 0 radical (unpaired) electrons. The van der Waals surface area contributed by atoms with E-state index in [1.54, 1.807) is 0 Å². The molecule has 0 atom stereocenters. The molecular weight excluding hydrogens is 256 g/mol. The van der Waals surface area contributed by atoms with Gasteiger partial charge in [0.05, 0.1) is 5.56 Å². The van der Waals surface area contributed by atoms with Crippen molar-refractivity contribution in [2.24, 2.45) is 0 Å². The molecule has 1 rings (SSSR count). The van der Waals surface area contributed by atoms with Gasteiger partial charge in [-0.05, 0) is 38.2 Å². The van der Waals surface area contributed by atoms with E-state index in [9.17, 15) is 9.59 Å². The Hall–Kier alpha value is -1.59. The van der Waals surface area contributed by atoms with E-state index < -0.39 is 5.97 Å². The fourth-order valence-corrected chi connectivity index (χ4v) is 1.67. The Balaban J connectivity index is 2.66. The highest BCUT2D eigenvalue weighted by molar-refractivity contribution is 6.31. The van der Waals surface area contributed by atoms with E-state index in [1.807, 2.05) is 7.05 Å². The zero-order valence-electron chi connectivity index (χ0n) is 10.00. The van der Waals surface area contributed by atoms with Crippen LogP contribution in [0.25, 0.3) is 0 Å². The Labute approximate surface area is 110 Å². The van der Waals surface area contributed by atoms with E-state index in [2.05, 4.69) is 10.6 Å². The second-order valence-electron chi connectivity index (χ2n) is 3.79. The zero-order valence-corrected chi connectivity index (χ0v) is 10.8. The maximum atomic E-state index is 11.6. The second kappa shape index (κ2) is 6.98. The summed E-state index contributed by atoms with van der Waals surface area (Å²) in [4.78, 5) is 22.4. The van der Waals surface area contributed by atoms with Crippen LogP contribution in [-0.4, -0.2) is 30.6 Å². The lowest BCUT2D eigenvalue weighted by Crippen LogP contribution is -2.15. The number of halogens is 1. The van der Waals surface area contributed by atoms with Gasteiger partial charge in [0.1, 0.15) is 0 Å². The second-order valence-corrected chi connectivity index (χ2v) is 4.23. The smallest absolute Gasteiger partial charge is 0.335 e. The molecule has 98 valence electrons. The highest BCUT2D eigenvalue weighted by atomic mass is 35.5. The van der Waals surface area contributed by atoms with Crippen molar-refractivity contribution in [1.29, 1.82) is 0 Å². The van der Waals surface area contributed by atoms with Gasteiger partial charge in [-0.1, -0.05) is 11.6 Å². The van der Waals surface area contributed by atoms with Crippen molar-refractivity contribution >= 4 is 29.2 Å². The number of carboxylic acid groups (broad SMARTS) is 1. The molecular formula is C12H15ClN2O3. The summed E-state index contributed by atoms with van der Waals surface area (Å²) in [5, 5.41) is 14.7. The monoisotopic (exact) mass is 270 g/mol. The maximum absolute atomic E-state index is 11.6. The number of carbonyl (C=O) groups excluding carboxylic acids is 1. The summed E-state index contributed by atoms with van der Waals surface area (Å²) in [5.41, 5.74) is 0.447. The fraction of sp³-hybridized carbons (Fsp3) is 0.333. The normalized spacial score (nSPS) is 10.1. The lowest BCUT2D eigenvalue weighted by Gasteiger charge is -2.07. The molecule has 1 aromatic carbocycles. The molecule has 3 N–H and O–H groups in total. The van der Waals surface area contributed by atoms with Gasteiger partial charge in [-0.15, -0.1) is 0 Å². The molecule has 18 heavy (non-hydrogen) atoms. The number of carbonyl (C=O) groups is 2. The van der Waals surface area contributed by atoms with Gasteiger partial charge in [0.15, 0.2) is 0 Å². The first kappa shape index (κ1) is 14.5. The number of hydrogen-bond donors (Lipinski definition) is 3. The number of hydrogen-bond acceptors (Lipinski definition) is 3. The van der Waals surface area contributed by atoms with Crippen LogP contribution in [0.15, 0.2) is 18.2 Å². The molecule has 0 aliphatic carbocycles. The van der Waals surface area contributed by atoms with Crippen molar-refractivity contribution in [3.8, 4) is 0 Å². The number of rotatable bonds is 6. The standard InChI is InChI=1S/C12H15ClN2O3/c1-14-4-2-3-11(16)15-10-6-8(12(17)18)5-9(13)7-10/h5-7,14H,2-4H2,1H3,(H,15,16)(H,17,18). The van der Waals surface area contributed by atoms with E-state index in [1.165, 1.54) is 18.2 Å². The van der Waals surface area contributed by atoms with Crippen molar-refractivity contribution < 1.29 is 14.7 Å². The molecule has 0 aromatic heterocycles. The third-order valence-corrected chi connectivity index (χ3v) is 2.48. The van der Waals surface area contributed by atoms with Crippen LogP contribution < -0.4 is 10.6 Å². The molecule has 1 aromatic rings. The van der Waals surface area contributed by atoms with Gasteiger partial charge in [-0.3, -0.25) is 4.79 Å². The highest BCUT2D eigenvalue weighted by Gasteiger charge is 2.08. The first-order chi connectivity index (χ1) is 8.52. The van der Waals surface area contributed by atoms with Crippen molar-refractivity contribution in [1.82, 2.24) is 5.32 Å². The Kier molecular flexibility index (Phi) is 5.61. The number of nitrogens with one attached hydrogen (secondary N) is 2. The molecule has 6 heteroatoms. The molecule has 0 bridgehead atoms. The van der Waals surface area contributed by atoms with Crippen molar-refractivity contribution in [3.63, 3.8) is 0 Å². The summed E-state index contributed by atoms with van der Waals surface area (Å²) in [6.07, 6.45) is 1.09. The summed E-state index contributed by atoms with van der Waals surface area (Å²) in [7, 11) is 1.81. The third-order valence-electron chi connectivity index (χ3n) is 2.26. The van der Waals surface area contributed by atoms with Crippen LogP contribution in [0.4, 0.5) is 5.69 Å². The Morgan fingerprint density at radius 1 is 1.33 bits per heavy atom.